The molecule has 1 aliphatic heterocycles. The van der Waals surface area contributed by atoms with E-state index in [-0.39, 0.29) is 18.2 Å². The Bertz CT molecular complexity index is 699. The van der Waals surface area contributed by atoms with Gasteiger partial charge in [0.2, 0.25) is 17.8 Å². The molecule has 0 fully saturated rings. The molecule has 1 aromatic carbocycles. The van der Waals surface area contributed by atoms with Crippen molar-refractivity contribution < 1.29 is 9.59 Å². The van der Waals surface area contributed by atoms with E-state index in [9.17, 15) is 9.59 Å². The quantitative estimate of drug-likeness (QED) is 0.839. The second kappa shape index (κ2) is 5.57. The van der Waals surface area contributed by atoms with Crippen LogP contribution in [-0.2, 0) is 9.59 Å². The molecule has 1 aliphatic rings. The Kier molecular flexibility index (Phi) is 3.61. The summed E-state index contributed by atoms with van der Waals surface area (Å²) in [6, 6.07) is 6.90. The molecule has 108 valence electrons. The highest BCUT2D eigenvalue weighted by molar-refractivity contribution is 7.98. The first kappa shape index (κ1) is 13.6. The van der Waals surface area contributed by atoms with E-state index in [4.69, 9.17) is 0 Å². The van der Waals surface area contributed by atoms with Crippen LogP contribution in [0.15, 0.2) is 35.5 Å². The van der Waals surface area contributed by atoms with Crippen LogP contribution in [0.4, 0.5) is 11.6 Å². The van der Waals surface area contributed by atoms with Crippen molar-refractivity contribution in [3.8, 4) is 0 Å². The third kappa shape index (κ3) is 2.75. The van der Waals surface area contributed by atoms with E-state index in [1.807, 2.05) is 30.5 Å². The summed E-state index contributed by atoms with van der Waals surface area (Å²) in [5, 5.41) is 12.9. The Morgan fingerprint density at radius 2 is 2.38 bits per heavy atom. The molecule has 2 N–H and O–H groups in total. The SMILES string of the molecule is CSc1cccc(NC(=O)[C@H]2CC(=O)Nc3nncn32)c1. The predicted molar refractivity (Wildman–Crippen MR) is 79.2 cm³/mol. The normalized spacial score (nSPS) is 17.0. The van der Waals surface area contributed by atoms with Gasteiger partial charge < -0.3 is 5.32 Å². The zero-order valence-corrected chi connectivity index (χ0v) is 12.1. The number of thioether (sulfide) groups is 1. The maximum Gasteiger partial charge on any atom is 0.248 e. The van der Waals surface area contributed by atoms with Crippen LogP contribution >= 0.6 is 11.8 Å². The van der Waals surface area contributed by atoms with E-state index < -0.39 is 6.04 Å². The third-order valence-corrected chi connectivity index (χ3v) is 3.90. The smallest absolute Gasteiger partial charge is 0.248 e. The third-order valence-electron chi connectivity index (χ3n) is 3.18. The molecule has 0 saturated heterocycles. The number of hydrogen-bond acceptors (Lipinski definition) is 5. The molecule has 3 rings (SSSR count). The van der Waals surface area contributed by atoms with Gasteiger partial charge in [0.15, 0.2) is 0 Å². The fourth-order valence-electron chi connectivity index (χ4n) is 2.16. The fourth-order valence-corrected chi connectivity index (χ4v) is 2.61. The van der Waals surface area contributed by atoms with Crippen molar-refractivity contribution in [1.82, 2.24) is 14.8 Å². The number of hydrogen-bond donors (Lipinski definition) is 2. The summed E-state index contributed by atoms with van der Waals surface area (Å²) in [6.07, 6.45) is 3.48. The van der Waals surface area contributed by atoms with Crippen LogP contribution < -0.4 is 10.6 Å². The number of nitrogens with one attached hydrogen (secondary N) is 2. The number of benzene rings is 1. The number of nitrogens with zero attached hydrogens (tertiary/aromatic N) is 3. The van der Waals surface area contributed by atoms with Crippen LogP contribution in [0.2, 0.25) is 0 Å². The molecule has 2 amide bonds. The van der Waals surface area contributed by atoms with Gasteiger partial charge in [0.05, 0.1) is 6.42 Å². The number of aromatic nitrogens is 3. The van der Waals surface area contributed by atoms with Crippen molar-refractivity contribution in [1.29, 1.82) is 0 Å². The molecule has 0 saturated carbocycles. The molecule has 0 bridgehead atoms. The lowest BCUT2D eigenvalue weighted by Crippen LogP contribution is -2.35. The number of rotatable bonds is 3. The molecule has 2 aromatic rings. The molecular formula is C13H13N5O2S. The summed E-state index contributed by atoms with van der Waals surface area (Å²) in [6.45, 7) is 0. The van der Waals surface area contributed by atoms with Crippen molar-refractivity contribution in [2.45, 2.75) is 17.4 Å². The van der Waals surface area contributed by atoms with Gasteiger partial charge in [-0.25, -0.2) is 0 Å². The fraction of sp³-hybridized carbons (Fsp3) is 0.231. The monoisotopic (exact) mass is 303 g/mol. The molecule has 7 nitrogen and oxygen atoms in total. The van der Waals surface area contributed by atoms with Crippen LogP contribution in [0.3, 0.4) is 0 Å². The largest absolute Gasteiger partial charge is 0.324 e. The predicted octanol–water partition coefficient (Wildman–Crippen LogP) is 1.52. The van der Waals surface area contributed by atoms with E-state index in [1.54, 1.807) is 16.3 Å². The second-order valence-corrected chi connectivity index (χ2v) is 5.43. The number of fused-ring (bicyclic) bond motifs is 1. The molecule has 1 aromatic heterocycles. The Morgan fingerprint density at radius 1 is 1.52 bits per heavy atom. The Balaban J connectivity index is 1.81. The van der Waals surface area contributed by atoms with Crippen molar-refractivity contribution in [2.75, 3.05) is 16.9 Å². The highest BCUT2D eigenvalue weighted by Gasteiger charge is 2.31. The summed E-state index contributed by atoms with van der Waals surface area (Å²) in [5.41, 5.74) is 0.701. The Labute approximate surface area is 125 Å². The molecule has 1 atom stereocenters. The summed E-state index contributed by atoms with van der Waals surface area (Å²) in [5.74, 6) is -0.207. The Morgan fingerprint density at radius 3 is 3.19 bits per heavy atom. The van der Waals surface area contributed by atoms with Gasteiger partial charge in [-0.3, -0.25) is 19.5 Å². The van der Waals surface area contributed by atoms with Crippen LogP contribution in [0.5, 0.6) is 0 Å². The standard InChI is InChI=1S/C13H13N5O2S/c1-21-9-4-2-3-8(5-9)15-12(20)10-6-11(19)16-13-17-14-7-18(10)13/h2-5,7,10H,6H2,1H3,(H,15,20)(H,16,17,19)/t10-/m1/s1. The average molecular weight is 303 g/mol. The van der Waals surface area contributed by atoms with Gasteiger partial charge in [-0.05, 0) is 24.5 Å². The topological polar surface area (TPSA) is 88.9 Å². The summed E-state index contributed by atoms with van der Waals surface area (Å²) in [7, 11) is 0. The zero-order valence-electron chi connectivity index (χ0n) is 11.2. The lowest BCUT2D eigenvalue weighted by molar-refractivity contribution is -0.125. The van der Waals surface area contributed by atoms with Gasteiger partial charge in [-0.15, -0.1) is 22.0 Å². The maximum atomic E-state index is 12.4. The van der Waals surface area contributed by atoms with Crippen LogP contribution in [0, 0.1) is 0 Å². The number of amides is 2. The highest BCUT2D eigenvalue weighted by Crippen LogP contribution is 2.25. The van der Waals surface area contributed by atoms with E-state index in [1.165, 1.54) is 6.33 Å². The molecule has 0 aliphatic carbocycles. The van der Waals surface area contributed by atoms with Gasteiger partial charge in [0, 0.05) is 10.6 Å². The summed E-state index contributed by atoms with van der Waals surface area (Å²) < 4.78 is 1.56. The zero-order chi connectivity index (χ0) is 14.8. The van der Waals surface area contributed by atoms with Gasteiger partial charge in [0.25, 0.3) is 0 Å². The maximum absolute atomic E-state index is 12.4. The number of anilines is 2. The minimum absolute atomic E-state index is 0.0685. The highest BCUT2D eigenvalue weighted by atomic mass is 32.2. The minimum Gasteiger partial charge on any atom is -0.324 e. The molecule has 0 radical (unpaired) electrons. The van der Waals surface area contributed by atoms with E-state index in [2.05, 4.69) is 20.8 Å². The number of carbonyl (C=O) groups excluding carboxylic acids is 2. The molecule has 21 heavy (non-hydrogen) atoms. The first-order valence-corrected chi connectivity index (χ1v) is 7.54. The van der Waals surface area contributed by atoms with Gasteiger partial charge in [-0.2, -0.15) is 0 Å². The number of carbonyl (C=O) groups is 2. The van der Waals surface area contributed by atoms with Crippen LogP contribution in [0.1, 0.15) is 12.5 Å². The molecule has 0 unspecified atom stereocenters. The van der Waals surface area contributed by atoms with Crippen molar-refractivity contribution in [3.63, 3.8) is 0 Å². The molecule has 0 spiro atoms. The molecule has 8 heteroatoms. The van der Waals surface area contributed by atoms with Gasteiger partial charge in [0.1, 0.15) is 12.4 Å². The van der Waals surface area contributed by atoms with Crippen molar-refractivity contribution in [2.24, 2.45) is 0 Å². The summed E-state index contributed by atoms with van der Waals surface area (Å²) in [4.78, 5) is 25.1. The first-order chi connectivity index (χ1) is 10.2. The van der Waals surface area contributed by atoms with Gasteiger partial charge >= 0.3 is 0 Å². The summed E-state index contributed by atoms with van der Waals surface area (Å²) >= 11 is 1.60. The molecule has 2 heterocycles. The lowest BCUT2D eigenvalue weighted by Gasteiger charge is -2.23. The lowest BCUT2D eigenvalue weighted by atomic mass is 10.1. The van der Waals surface area contributed by atoms with Crippen molar-refractivity contribution in [3.05, 3.63) is 30.6 Å². The first-order valence-electron chi connectivity index (χ1n) is 6.31. The van der Waals surface area contributed by atoms with Crippen LogP contribution in [0.25, 0.3) is 0 Å². The Hall–Kier alpha value is -2.35. The van der Waals surface area contributed by atoms with E-state index in [0.29, 0.717) is 11.6 Å². The second-order valence-electron chi connectivity index (χ2n) is 4.55. The van der Waals surface area contributed by atoms with Gasteiger partial charge in [-0.1, -0.05) is 6.07 Å². The van der Waals surface area contributed by atoms with Crippen LogP contribution in [-0.4, -0.2) is 32.8 Å². The van der Waals surface area contributed by atoms with E-state index >= 15 is 0 Å². The molecular weight excluding hydrogens is 290 g/mol. The van der Waals surface area contributed by atoms with E-state index in [0.717, 1.165) is 4.90 Å². The van der Waals surface area contributed by atoms with Crippen molar-refractivity contribution >= 4 is 35.2 Å². The average Bonchev–Trinajstić information content (AvgIpc) is 2.94. The minimum atomic E-state index is -0.637.